The smallest absolute Gasteiger partial charge is 0.326 e. The summed E-state index contributed by atoms with van der Waals surface area (Å²) in [6.45, 7) is 10.2. The maximum atomic E-state index is 11.8. The van der Waals surface area contributed by atoms with E-state index in [9.17, 15) is 9.59 Å². The van der Waals surface area contributed by atoms with Crippen LogP contribution in [-0.2, 0) is 4.79 Å². The number of amides is 2. The highest BCUT2D eigenvalue weighted by atomic mass is 16.4. The quantitative estimate of drug-likeness (QED) is 0.792. The summed E-state index contributed by atoms with van der Waals surface area (Å²) in [4.78, 5) is 24.3. The largest absolute Gasteiger partial charge is 0.480 e. The fourth-order valence-corrected chi connectivity index (χ4v) is 1.54. The van der Waals surface area contributed by atoms with Gasteiger partial charge in [-0.1, -0.05) is 34.6 Å². The van der Waals surface area contributed by atoms with Crippen LogP contribution in [0.4, 0.5) is 4.79 Å². The van der Waals surface area contributed by atoms with Gasteiger partial charge in [-0.2, -0.15) is 0 Å². The van der Waals surface area contributed by atoms with Crippen LogP contribution >= 0.6 is 0 Å². The molecule has 0 aromatic rings. The van der Waals surface area contributed by atoms with Crippen LogP contribution in [0.1, 0.15) is 34.6 Å². The van der Waals surface area contributed by atoms with Crippen molar-refractivity contribution < 1.29 is 14.7 Å². The molecule has 100 valence electrons. The predicted molar refractivity (Wildman–Crippen MR) is 66.9 cm³/mol. The van der Waals surface area contributed by atoms with E-state index in [2.05, 4.69) is 5.32 Å². The summed E-state index contributed by atoms with van der Waals surface area (Å²) in [6, 6.07) is -1.19. The third-order valence-electron chi connectivity index (χ3n) is 2.27. The number of hydrogen-bond acceptors (Lipinski definition) is 2. The second-order valence-electron chi connectivity index (χ2n) is 5.93. The normalized spacial score (nSPS) is 13.4. The third kappa shape index (κ3) is 6.14. The number of carbonyl (C=O) groups is 2. The molecule has 0 aromatic carbocycles. The second kappa shape index (κ2) is 5.89. The molecule has 0 spiro atoms. The number of carboxylic acid groups (broad SMARTS) is 1. The predicted octanol–water partition coefficient (Wildman–Crippen LogP) is 1.78. The first kappa shape index (κ1) is 15.7. The summed E-state index contributed by atoms with van der Waals surface area (Å²) in [5.74, 6) is -1.14. The van der Waals surface area contributed by atoms with Crippen LogP contribution in [0, 0.1) is 11.3 Å². The van der Waals surface area contributed by atoms with Gasteiger partial charge < -0.3 is 15.3 Å². The molecule has 2 amide bonds. The number of carbonyl (C=O) groups excluding carboxylic acids is 1. The molecule has 5 nitrogen and oxygen atoms in total. The van der Waals surface area contributed by atoms with E-state index in [-0.39, 0.29) is 17.4 Å². The van der Waals surface area contributed by atoms with Gasteiger partial charge in [-0.05, 0) is 11.3 Å². The van der Waals surface area contributed by atoms with Crippen LogP contribution in [-0.4, -0.2) is 41.6 Å². The molecule has 0 radical (unpaired) electrons. The van der Waals surface area contributed by atoms with E-state index in [1.165, 1.54) is 4.90 Å². The Morgan fingerprint density at radius 2 is 1.76 bits per heavy atom. The number of carboxylic acids is 1. The van der Waals surface area contributed by atoms with Crippen molar-refractivity contribution in [1.82, 2.24) is 10.2 Å². The fourth-order valence-electron chi connectivity index (χ4n) is 1.54. The summed E-state index contributed by atoms with van der Waals surface area (Å²) in [6.07, 6.45) is 0. The fraction of sp³-hybridized carbons (Fsp3) is 0.833. The van der Waals surface area contributed by atoms with Gasteiger partial charge in [0.05, 0.1) is 0 Å². The van der Waals surface area contributed by atoms with Crippen molar-refractivity contribution in [2.75, 3.05) is 13.6 Å². The Balaban J connectivity index is 4.47. The van der Waals surface area contributed by atoms with Crippen molar-refractivity contribution in [2.24, 2.45) is 11.3 Å². The van der Waals surface area contributed by atoms with Gasteiger partial charge in [0.2, 0.25) is 0 Å². The zero-order valence-electron chi connectivity index (χ0n) is 11.6. The molecular weight excluding hydrogens is 220 g/mol. The molecule has 0 aliphatic rings. The third-order valence-corrected chi connectivity index (χ3v) is 2.27. The Morgan fingerprint density at radius 1 is 1.29 bits per heavy atom. The number of aliphatic carboxylic acids is 1. The van der Waals surface area contributed by atoms with Gasteiger partial charge in [0.15, 0.2) is 0 Å². The van der Waals surface area contributed by atoms with E-state index in [1.807, 2.05) is 20.8 Å². The Kier molecular flexibility index (Phi) is 5.45. The van der Waals surface area contributed by atoms with Crippen LogP contribution in [0.3, 0.4) is 0 Å². The van der Waals surface area contributed by atoms with Crippen LogP contribution < -0.4 is 5.32 Å². The molecule has 1 unspecified atom stereocenters. The lowest BCUT2D eigenvalue weighted by atomic mass is 9.96. The van der Waals surface area contributed by atoms with E-state index < -0.39 is 12.0 Å². The standard InChI is InChI=1S/C12H24N2O3/c1-8(2)9(10(15)16)13-11(17)14(6)7-12(3,4)5/h8-9H,7H2,1-6H3,(H,13,17)(H,15,16). The number of hydrogen-bond donors (Lipinski definition) is 2. The van der Waals surface area contributed by atoms with Gasteiger partial charge in [-0.3, -0.25) is 0 Å². The monoisotopic (exact) mass is 244 g/mol. The molecule has 0 bridgehead atoms. The summed E-state index contributed by atoms with van der Waals surface area (Å²) in [7, 11) is 1.67. The Morgan fingerprint density at radius 3 is 2.06 bits per heavy atom. The van der Waals surface area contributed by atoms with Crippen LogP contribution in [0.5, 0.6) is 0 Å². The maximum Gasteiger partial charge on any atom is 0.326 e. The lowest BCUT2D eigenvalue weighted by Crippen LogP contribution is -2.50. The first-order valence-electron chi connectivity index (χ1n) is 5.79. The van der Waals surface area contributed by atoms with Crippen molar-refractivity contribution in [3.63, 3.8) is 0 Å². The van der Waals surface area contributed by atoms with Crippen molar-refractivity contribution in [3.8, 4) is 0 Å². The van der Waals surface area contributed by atoms with Crippen molar-refractivity contribution in [2.45, 2.75) is 40.7 Å². The zero-order valence-corrected chi connectivity index (χ0v) is 11.6. The highest BCUT2D eigenvalue weighted by Crippen LogP contribution is 2.14. The molecule has 2 N–H and O–H groups in total. The van der Waals surface area contributed by atoms with Crippen LogP contribution in [0.25, 0.3) is 0 Å². The average molecular weight is 244 g/mol. The van der Waals surface area contributed by atoms with Crippen LogP contribution in [0.2, 0.25) is 0 Å². The lowest BCUT2D eigenvalue weighted by Gasteiger charge is -2.28. The molecule has 5 heteroatoms. The molecule has 1 atom stereocenters. The van der Waals surface area contributed by atoms with Gasteiger partial charge >= 0.3 is 12.0 Å². The second-order valence-corrected chi connectivity index (χ2v) is 5.93. The topological polar surface area (TPSA) is 69.6 Å². The van der Waals surface area contributed by atoms with E-state index >= 15 is 0 Å². The first-order valence-corrected chi connectivity index (χ1v) is 5.79. The number of nitrogens with zero attached hydrogens (tertiary/aromatic N) is 1. The van der Waals surface area contributed by atoms with E-state index in [1.54, 1.807) is 20.9 Å². The molecule has 0 saturated carbocycles. The Hall–Kier alpha value is -1.26. The van der Waals surface area contributed by atoms with Crippen molar-refractivity contribution >= 4 is 12.0 Å². The van der Waals surface area contributed by atoms with Gasteiger partial charge in [0.25, 0.3) is 0 Å². The lowest BCUT2D eigenvalue weighted by molar-refractivity contribution is -0.140. The molecule has 0 aromatic heterocycles. The van der Waals surface area contributed by atoms with Crippen LogP contribution in [0.15, 0.2) is 0 Å². The van der Waals surface area contributed by atoms with Gasteiger partial charge in [0.1, 0.15) is 6.04 Å². The molecule has 17 heavy (non-hydrogen) atoms. The minimum atomic E-state index is -1.00. The Labute approximate surface area is 103 Å². The summed E-state index contributed by atoms with van der Waals surface area (Å²) in [5, 5.41) is 11.5. The molecule has 0 heterocycles. The summed E-state index contributed by atoms with van der Waals surface area (Å²) >= 11 is 0. The van der Waals surface area contributed by atoms with Gasteiger partial charge in [-0.15, -0.1) is 0 Å². The Bertz CT molecular complexity index is 282. The molecule has 0 rings (SSSR count). The highest BCUT2D eigenvalue weighted by molar-refractivity contribution is 5.82. The van der Waals surface area contributed by atoms with E-state index in [0.29, 0.717) is 6.54 Å². The minimum Gasteiger partial charge on any atom is -0.480 e. The average Bonchev–Trinajstić information content (AvgIpc) is 2.09. The van der Waals surface area contributed by atoms with E-state index in [0.717, 1.165) is 0 Å². The van der Waals surface area contributed by atoms with Crippen molar-refractivity contribution in [3.05, 3.63) is 0 Å². The highest BCUT2D eigenvalue weighted by Gasteiger charge is 2.26. The minimum absolute atomic E-state index is 0.0113. The van der Waals surface area contributed by atoms with E-state index in [4.69, 9.17) is 5.11 Å². The maximum absolute atomic E-state index is 11.8. The molecule has 0 saturated heterocycles. The molecular formula is C12H24N2O3. The molecule has 0 aliphatic carbocycles. The summed E-state index contributed by atoms with van der Waals surface area (Å²) in [5.41, 5.74) is -0.0113. The summed E-state index contributed by atoms with van der Waals surface area (Å²) < 4.78 is 0. The number of urea groups is 1. The van der Waals surface area contributed by atoms with Crippen molar-refractivity contribution in [1.29, 1.82) is 0 Å². The number of nitrogens with one attached hydrogen (secondary N) is 1. The molecule has 0 fully saturated rings. The SMILES string of the molecule is CC(C)C(NC(=O)N(C)CC(C)(C)C)C(=O)O. The zero-order chi connectivity index (χ0) is 13.8. The van der Waals surface area contributed by atoms with Gasteiger partial charge in [0, 0.05) is 13.6 Å². The molecule has 0 aliphatic heterocycles. The first-order chi connectivity index (χ1) is 7.54. The van der Waals surface area contributed by atoms with Gasteiger partial charge in [-0.25, -0.2) is 9.59 Å². The number of rotatable bonds is 4.